The Hall–Kier alpha value is -2.15. The number of likely N-dealkylation sites (tertiary alicyclic amines) is 2. The summed E-state index contributed by atoms with van der Waals surface area (Å²) in [5.74, 6) is 1.32. The molecular weight excluding hydrogens is 306 g/mol. The number of piperidine rings is 1. The number of carbonyl (C=O) groups excluding carboxylic acids is 1. The summed E-state index contributed by atoms with van der Waals surface area (Å²) >= 11 is 0. The van der Waals surface area contributed by atoms with Crippen molar-refractivity contribution in [1.29, 1.82) is 0 Å². The molecule has 0 bridgehead atoms. The average Bonchev–Trinajstić information content (AvgIpc) is 3.29. The summed E-state index contributed by atoms with van der Waals surface area (Å²) in [7, 11) is 2.20. The third kappa shape index (κ3) is 2.62. The lowest BCUT2D eigenvalue weighted by Crippen LogP contribution is -2.47. The summed E-state index contributed by atoms with van der Waals surface area (Å²) in [6.07, 6.45) is 7.06. The lowest BCUT2D eigenvalue weighted by molar-refractivity contribution is 0.0605. The Labute approximate surface area is 141 Å². The molecule has 2 aliphatic rings. The SMILES string of the molecule is Cc1occc1C(=O)N1CC[C@@H]2[C@@H](C[C@H](Cn3cncn3)N2C)C1. The van der Waals surface area contributed by atoms with Gasteiger partial charge in [0.15, 0.2) is 0 Å². The second-order valence-corrected chi connectivity index (χ2v) is 6.93. The molecule has 0 saturated carbocycles. The number of amides is 1. The highest BCUT2D eigenvalue weighted by Crippen LogP contribution is 2.35. The fourth-order valence-corrected chi connectivity index (χ4v) is 4.28. The molecule has 24 heavy (non-hydrogen) atoms. The highest BCUT2D eigenvalue weighted by atomic mass is 16.3. The molecule has 4 rings (SSSR count). The predicted octanol–water partition coefficient (Wildman–Crippen LogP) is 1.41. The van der Waals surface area contributed by atoms with Crippen LogP contribution in [0.3, 0.4) is 0 Å². The molecule has 2 saturated heterocycles. The molecule has 2 aromatic rings. The molecule has 0 radical (unpaired) electrons. The predicted molar refractivity (Wildman–Crippen MR) is 87.4 cm³/mol. The number of aryl methyl sites for hydroxylation is 1. The van der Waals surface area contributed by atoms with Crippen molar-refractivity contribution in [2.75, 3.05) is 20.1 Å². The molecule has 0 aliphatic carbocycles. The van der Waals surface area contributed by atoms with Crippen LogP contribution in [0.2, 0.25) is 0 Å². The van der Waals surface area contributed by atoms with Crippen LogP contribution in [0.25, 0.3) is 0 Å². The minimum absolute atomic E-state index is 0.0991. The van der Waals surface area contributed by atoms with Gasteiger partial charge in [0.1, 0.15) is 18.4 Å². The molecule has 128 valence electrons. The Balaban J connectivity index is 1.44. The van der Waals surface area contributed by atoms with Crippen molar-refractivity contribution in [1.82, 2.24) is 24.6 Å². The van der Waals surface area contributed by atoms with E-state index in [0.717, 1.165) is 32.5 Å². The lowest BCUT2D eigenvalue weighted by atomic mass is 9.91. The first-order valence-corrected chi connectivity index (χ1v) is 8.51. The molecule has 2 fully saturated rings. The highest BCUT2D eigenvalue weighted by Gasteiger charge is 2.43. The summed E-state index contributed by atoms with van der Waals surface area (Å²) in [5.41, 5.74) is 0.693. The van der Waals surface area contributed by atoms with Gasteiger partial charge in [-0.05, 0) is 38.8 Å². The second-order valence-electron chi connectivity index (χ2n) is 6.93. The number of carbonyl (C=O) groups is 1. The van der Waals surface area contributed by atoms with Crippen LogP contribution in [0.4, 0.5) is 0 Å². The zero-order valence-electron chi connectivity index (χ0n) is 14.1. The standard InChI is InChI=1S/C17H23N5O2/c1-12-15(4-6-24-12)17(23)21-5-3-16-13(8-21)7-14(20(16)2)9-22-11-18-10-19-22/h4,6,10-11,13-14,16H,3,5,7-9H2,1-2H3/t13-,14+,16+/m0/s1. The van der Waals surface area contributed by atoms with Gasteiger partial charge < -0.3 is 9.32 Å². The molecule has 0 spiro atoms. The van der Waals surface area contributed by atoms with Crippen molar-refractivity contribution in [2.45, 2.75) is 38.4 Å². The van der Waals surface area contributed by atoms with Crippen molar-refractivity contribution in [2.24, 2.45) is 5.92 Å². The molecule has 0 N–H and O–H groups in total. The van der Waals surface area contributed by atoms with Gasteiger partial charge in [-0.25, -0.2) is 4.98 Å². The van der Waals surface area contributed by atoms with Crippen LogP contribution in [-0.4, -0.2) is 62.7 Å². The summed E-state index contributed by atoms with van der Waals surface area (Å²) in [6, 6.07) is 2.78. The number of aromatic nitrogens is 3. The van der Waals surface area contributed by atoms with E-state index in [-0.39, 0.29) is 5.91 Å². The Morgan fingerprint density at radius 1 is 1.46 bits per heavy atom. The number of nitrogens with zero attached hydrogens (tertiary/aromatic N) is 5. The van der Waals surface area contributed by atoms with Gasteiger partial charge in [0.25, 0.3) is 5.91 Å². The van der Waals surface area contributed by atoms with E-state index in [4.69, 9.17) is 4.42 Å². The molecule has 0 unspecified atom stereocenters. The van der Waals surface area contributed by atoms with Crippen LogP contribution in [0, 0.1) is 12.8 Å². The van der Waals surface area contributed by atoms with E-state index in [2.05, 4.69) is 22.0 Å². The number of hydrogen-bond acceptors (Lipinski definition) is 5. The summed E-state index contributed by atoms with van der Waals surface area (Å²) < 4.78 is 7.18. The smallest absolute Gasteiger partial charge is 0.257 e. The molecule has 2 aliphatic heterocycles. The third-order valence-electron chi connectivity index (χ3n) is 5.61. The summed E-state index contributed by atoms with van der Waals surface area (Å²) in [5, 5.41) is 4.22. The molecule has 7 nitrogen and oxygen atoms in total. The fourth-order valence-electron chi connectivity index (χ4n) is 4.28. The maximum Gasteiger partial charge on any atom is 0.257 e. The molecule has 4 heterocycles. The molecule has 7 heteroatoms. The number of likely N-dealkylation sites (N-methyl/N-ethyl adjacent to an activating group) is 1. The van der Waals surface area contributed by atoms with Crippen LogP contribution in [0.15, 0.2) is 29.4 Å². The van der Waals surface area contributed by atoms with Gasteiger partial charge in [0.05, 0.1) is 18.4 Å². The van der Waals surface area contributed by atoms with Crippen LogP contribution >= 0.6 is 0 Å². The third-order valence-corrected chi connectivity index (χ3v) is 5.61. The Bertz CT molecular complexity index is 710. The number of fused-ring (bicyclic) bond motifs is 1. The Morgan fingerprint density at radius 3 is 3.04 bits per heavy atom. The maximum absolute atomic E-state index is 12.7. The first-order chi connectivity index (χ1) is 11.6. The lowest BCUT2D eigenvalue weighted by Gasteiger charge is -2.37. The van der Waals surface area contributed by atoms with Crippen LogP contribution in [0.1, 0.15) is 29.0 Å². The summed E-state index contributed by atoms with van der Waals surface area (Å²) in [4.78, 5) is 21.2. The minimum Gasteiger partial charge on any atom is -0.469 e. The number of hydrogen-bond donors (Lipinski definition) is 0. The normalized spacial score (nSPS) is 27.4. The van der Waals surface area contributed by atoms with Gasteiger partial charge in [-0.2, -0.15) is 5.10 Å². The summed E-state index contributed by atoms with van der Waals surface area (Å²) in [6.45, 7) is 4.34. The zero-order valence-corrected chi connectivity index (χ0v) is 14.1. The second kappa shape index (κ2) is 6.05. The van der Waals surface area contributed by atoms with Crippen LogP contribution < -0.4 is 0 Å². The van der Waals surface area contributed by atoms with E-state index in [1.54, 1.807) is 25.0 Å². The van der Waals surface area contributed by atoms with Gasteiger partial charge >= 0.3 is 0 Å². The first-order valence-electron chi connectivity index (χ1n) is 8.51. The first kappa shape index (κ1) is 15.4. The maximum atomic E-state index is 12.7. The van der Waals surface area contributed by atoms with Crippen molar-refractivity contribution in [3.05, 3.63) is 36.3 Å². The van der Waals surface area contributed by atoms with E-state index in [0.29, 0.717) is 29.3 Å². The fraction of sp³-hybridized carbons (Fsp3) is 0.588. The van der Waals surface area contributed by atoms with Crippen LogP contribution in [0.5, 0.6) is 0 Å². The molecule has 1 amide bonds. The van der Waals surface area contributed by atoms with Gasteiger partial charge in [-0.15, -0.1) is 0 Å². The minimum atomic E-state index is 0.0991. The van der Waals surface area contributed by atoms with Crippen LogP contribution in [-0.2, 0) is 6.54 Å². The van der Waals surface area contributed by atoms with E-state index < -0.39 is 0 Å². The largest absolute Gasteiger partial charge is 0.469 e. The van der Waals surface area contributed by atoms with E-state index in [1.165, 1.54) is 0 Å². The zero-order chi connectivity index (χ0) is 16.7. The van der Waals surface area contributed by atoms with E-state index in [1.807, 2.05) is 16.5 Å². The Morgan fingerprint density at radius 2 is 2.33 bits per heavy atom. The quantitative estimate of drug-likeness (QED) is 0.852. The van der Waals surface area contributed by atoms with Gasteiger partial charge in [-0.3, -0.25) is 14.4 Å². The van der Waals surface area contributed by atoms with Gasteiger partial charge in [-0.1, -0.05) is 0 Å². The number of rotatable bonds is 3. The van der Waals surface area contributed by atoms with Crippen molar-refractivity contribution >= 4 is 5.91 Å². The molecule has 3 atom stereocenters. The van der Waals surface area contributed by atoms with E-state index in [9.17, 15) is 4.79 Å². The van der Waals surface area contributed by atoms with Gasteiger partial charge in [0.2, 0.25) is 0 Å². The van der Waals surface area contributed by atoms with Crippen molar-refractivity contribution < 1.29 is 9.21 Å². The van der Waals surface area contributed by atoms with Crippen molar-refractivity contribution in [3.8, 4) is 0 Å². The topological polar surface area (TPSA) is 67.4 Å². The average molecular weight is 329 g/mol. The molecule has 0 aromatic carbocycles. The molecule has 2 aromatic heterocycles. The molecular formula is C17H23N5O2. The highest BCUT2D eigenvalue weighted by molar-refractivity contribution is 5.95. The van der Waals surface area contributed by atoms with Gasteiger partial charge in [0, 0.05) is 25.2 Å². The Kier molecular flexibility index (Phi) is 3.88. The van der Waals surface area contributed by atoms with E-state index >= 15 is 0 Å². The van der Waals surface area contributed by atoms with Crippen molar-refractivity contribution in [3.63, 3.8) is 0 Å². The monoisotopic (exact) mass is 329 g/mol. The number of furan rings is 1.